The van der Waals surface area contributed by atoms with E-state index in [2.05, 4.69) is 84.9 Å². The van der Waals surface area contributed by atoms with Gasteiger partial charge in [0.2, 0.25) is 0 Å². The molecule has 1 aliphatic rings. The molecular formula is C23H16. The van der Waals surface area contributed by atoms with E-state index in [1.165, 1.54) is 44.2 Å². The van der Waals surface area contributed by atoms with Crippen LogP contribution in [0, 0.1) is 0 Å². The molecule has 0 heterocycles. The van der Waals surface area contributed by atoms with Crippen molar-refractivity contribution >= 4 is 10.8 Å². The van der Waals surface area contributed by atoms with Crippen molar-refractivity contribution in [1.82, 2.24) is 0 Å². The van der Waals surface area contributed by atoms with Gasteiger partial charge in [0.15, 0.2) is 0 Å². The van der Waals surface area contributed by atoms with Crippen LogP contribution in [0.1, 0.15) is 11.1 Å². The highest BCUT2D eigenvalue weighted by molar-refractivity contribution is 5.90. The standard InChI is InChI=1S/C23H16/c1-2-7-17-14-19(13-12-16(17)6-1)21-10-5-11-22-20-9-4-3-8-18(20)15-23(21)22/h1-14H,15H2. The van der Waals surface area contributed by atoms with E-state index in [4.69, 9.17) is 0 Å². The van der Waals surface area contributed by atoms with Crippen molar-refractivity contribution in [2.75, 3.05) is 0 Å². The number of hydrogen-bond donors (Lipinski definition) is 0. The maximum absolute atomic E-state index is 2.31. The molecule has 0 spiro atoms. The molecular weight excluding hydrogens is 276 g/mol. The molecule has 0 heteroatoms. The Morgan fingerprint density at radius 2 is 1.26 bits per heavy atom. The van der Waals surface area contributed by atoms with Crippen LogP contribution >= 0.6 is 0 Å². The molecule has 108 valence electrons. The molecule has 0 saturated heterocycles. The van der Waals surface area contributed by atoms with Gasteiger partial charge in [0.05, 0.1) is 0 Å². The lowest BCUT2D eigenvalue weighted by molar-refractivity contribution is 1.26. The summed E-state index contributed by atoms with van der Waals surface area (Å²) in [7, 11) is 0. The van der Waals surface area contributed by atoms with Crippen LogP contribution in [-0.2, 0) is 6.42 Å². The molecule has 0 atom stereocenters. The van der Waals surface area contributed by atoms with Crippen molar-refractivity contribution in [2.45, 2.75) is 6.42 Å². The van der Waals surface area contributed by atoms with E-state index < -0.39 is 0 Å². The van der Waals surface area contributed by atoms with E-state index in [1.54, 1.807) is 0 Å². The highest BCUT2D eigenvalue weighted by atomic mass is 14.2. The molecule has 0 nitrogen and oxygen atoms in total. The molecule has 0 fully saturated rings. The summed E-state index contributed by atoms with van der Waals surface area (Å²) in [6, 6.07) is 30.8. The van der Waals surface area contributed by atoms with Crippen molar-refractivity contribution in [1.29, 1.82) is 0 Å². The molecule has 0 amide bonds. The zero-order valence-corrected chi connectivity index (χ0v) is 12.8. The quantitative estimate of drug-likeness (QED) is 0.351. The number of fused-ring (bicyclic) bond motifs is 4. The smallest absolute Gasteiger partial charge is 0.000729 e. The van der Waals surface area contributed by atoms with Gasteiger partial charge in [0, 0.05) is 0 Å². The average molecular weight is 292 g/mol. The lowest BCUT2D eigenvalue weighted by Crippen LogP contribution is -1.88. The Kier molecular flexibility index (Phi) is 2.65. The fourth-order valence-electron chi connectivity index (χ4n) is 3.78. The van der Waals surface area contributed by atoms with Gasteiger partial charge >= 0.3 is 0 Å². The molecule has 4 aromatic carbocycles. The first kappa shape index (κ1) is 12.7. The zero-order valence-electron chi connectivity index (χ0n) is 12.8. The monoisotopic (exact) mass is 292 g/mol. The second-order valence-electron chi connectivity index (χ2n) is 6.23. The molecule has 0 N–H and O–H groups in total. The van der Waals surface area contributed by atoms with Crippen molar-refractivity contribution in [3.8, 4) is 22.3 Å². The van der Waals surface area contributed by atoms with Crippen molar-refractivity contribution in [3.63, 3.8) is 0 Å². The SMILES string of the molecule is c1ccc2c(c1)Cc1c(-c3ccc4ccccc4c3)cccc1-2. The van der Waals surface area contributed by atoms with Gasteiger partial charge in [-0.05, 0) is 56.6 Å². The predicted octanol–water partition coefficient (Wildman–Crippen LogP) is 6.08. The number of rotatable bonds is 1. The first-order chi connectivity index (χ1) is 11.4. The minimum atomic E-state index is 1.04. The van der Waals surface area contributed by atoms with Gasteiger partial charge in [-0.1, -0.05) is 78.9 Å². The maximum Gasteiger partial charge on any atom is -0.000729 e. The number of hydrogen-bond acceptors (Lipinski definition) is 0. The van der Waals surface area contributed by atoms with Gasteiger partial charge in [0.1, 0.15) is 0 Å². The maximum atomic E-state index is 2.31. The number of benzene rings is 4. The summed E-state index contributed by atoms with van der Waals surface area (Å²) in [6.07, 6.45) is 1.04. The summed E-state index contributed by atoms with van der Waals surface area (Å²) in [5, 5.41) is 2.60. The fraction of sp³-hybridized carbons (Fsp3) is 0.0435. The van der Waals surface area contributed by atoms with E-state index in [0.29, 0.717) is 0 Å². The molecule has 0 radical (unpaired) electrons. The highest BCUT2D eigenvalue weighted by Gasteiger charge is 2.20. The highest BCUT2D eigenvalue weighted by Crippen LogP contribution is 2.41. The molecule has 0 saturated carbocycles. The Morgan fingerprint density at radius 1 is 0.522 bits per heavy atom. The second kappa shape index (κ2) is 4.82. The molecule has 4 aromatic rings. The van der Waals surface area contributed by atoms with E-state index in [9.17, 15) is 0 Å². The van der Waals surface area contributed by atoms with Crippen LogP contribution in [0.25, 0.3) is 33.0 Å². The minimum Gasteiger partial charge on any atom is -0.0619 e. The Balaban J connectivity index is 1.73. The Hall–Kier alpha value is -2.86. The third-order valence-corrected chi connectivity index (χ3v) is 4.91. The third-order valence-electron chi connectivity index (χ3n) is 4.91. The molecule has 0 aliphatic heterocycles. The summed E-state index contributed by atoms with van der Waals surface area (Å²) in [4.78, 5) is 0. The normalized spacial score (nSPS) is 12.2. The topological polar surface area (TPSA) is 0 Å². The van der Waals surface area contributed by atoms with Gasteiger partial charge in [-0.15, -0.1) is 0 Å². The first-order valence-corrected chi connectivity index (χ1v) is 8.09. The molecule has 5 rings (SSSR count). The van der Waals surface area contributed by atoms with Crippen LogP contribution in [-0.4, -0.2) is 0 Å². The fourth-order valence-corrected chi connectivity index (χ4v) is 3.78. The summed E-state index contributed by atoms with van der Waals surface area (Å²) >= 11 is 0. The Morgan fingerprint density at radius 3 is 2.22 bits per heavy atom. The van der Waals surface area contributed by atoms with Crippen molar-refractivity contribution in [2.24, 2.45) is 0 Å². The molecule has 0 aromatic heterocycles. The van der Waals surface area contributed by atoms with Crippen LogP contribution in [0.4, 0.5) is 0 Å². The lowest BCUT2D eigenvalue weighted by Gasteiger charge is -2.10. The van der Waals surface area contributed by atoms with Crippen LogP contribution in [0.15, 0.2) is 84.9 Å². The van der Waals surface area contributed by atoms with Gasteiger partial charge in [-0.25, -0.2) is 0 Å². The van der Waals surface area contributed by atoms with Crippen molar-refractivity contribution < 1.29 is 0 Å². The average Bonchev–Trinajstić information content (AvgIpc) is 3.00. The van der Waals surface area contributed by atoms with Gasteiger partial charge < -0.3 is 0 Å². The van der Waals surface area contributed by atoms with Crippen LogP contribution < -0.4 is 0 Å². The van der Waals surface area contributed by atoms with E-state index in [1.807, 2.05) is 0 Å². The van der Waals surface area contributed by atoms with E-state index in [-0.39, 0.29) is 0 Å². The van der Waals surface area contributed by atoms with Crippen LogP contribution in [0.2, 0.25) is 0 Å². The summed E-state index contributed by atoms with van der Waals surface area (Å²) in [6.45, 7) is 0. The minimum absolute atomic E-state index is 1.04. The third kappa shape index (κ3) is 1.92. The summed E-state index contributed by atoms with van der Waals surface area (Å²) in [5.41, 5.74) is 8.37. The summed E-state index contributed by atoms with van der Waals surface area (Å²) < 4.78 is 0. The van der Waals surface area contributed by atoms with E-state index in [0.717, 1.165) is 6.42 Å². The second-order valence-corrected chi connectivity index (χ2v) is 6.23. The first-order valence-electron chi connectivity index (χ1n) is 8.09. The summed E-state index contributed by atoms with van der Waals surface area (Å²) in [5.74, 6) is 0. The van der Waals surface area contributed by atoms with Crippen molar-refractivity contribution in [3.05, 3.63) is 96.1 Å². The van der Waals surface area contributed by atoms with Gasteiger partial charge in [-0.3, -0.25) is 0 Å². The zero-order chi connectivity index (χ0) is 15.2. The molecule has 0 bridgehead atoms. The molecule has 0 unspecified atom stereocenters. The van der Waals surface area contributed by atoms with Gasteiger partial charge in [0.25, 0.3) is 0 Å². The lowest BCUT2D eigenvalue weighted by atomic mass is 9.94. The predicted molar refractivity (Wildman–Crippen MR) is 97.6 cm³/mol. The molecule has 23 heavy (non-hydrogen) atoms. The van der Waals surface area contributed by atoms with E-state index >= 15 is 0 Å². The largest absolute Gasteiger partial charge is 0.0619 e. The molecule has 1 aliphatic carbocycles. The van der Waals surface area contributed by atoms with Gasteiger partial charge in [-0.2, -0.15) is 0 Å². The Labute approximate surface area is 136 Å². The Bertz CT molecular complexity index is 1040. The van der Waals surface area contributed by atoms with Crippen LogP contribution in [0.3, 0.4) is 0 Å². The van der Waals surface area contributed by atoms with Crippen LogP contribution in [0.5, 0.6) is 0 Å².